The molecule has 76 heavy (non-hydrogen) atoms. The lowest BCUT2D eigenvalue weighted by atomic mass is 9.44. The van der Waals surface area contributed by atoms with E-state index in [1.54, 1.807) is 0 Å². The molecular formula is C72H63BN2O. The standard InChI is InChI=1S/C72H63BN2O/c1-42-35-43(2)64(44(3)36-42)46-37-52-50-25-20-29-57-66(50)75(61-30-19-18-28-56(61)72(57)54-26-16-14-23-48(54)49-24-15-17-27-55(49)72)73-65(52)62(38-46)74(60-32-31-47(69(4,5)6)39-51(60)45-21-12-11-13-22-45)67-53-40-58-59(41-63(53)76-68(67)73)71(9,10)34-33-70(58,7)8/h11-32,35-41H,33-34H2,1-10H3. The average Bonchev–Trinajstić information content (AvgIpc) is 4.12. The van der Waals surface area contributed by atoms with Crippen LogP contribution in [0.1, 0.15) is 117 Å². The summed E-state index contributed by atoms with van der Waals surface area (Å²) in [4.78, 5) is 5.37. The van der Waals surface area contributed by atoms with E-state index in [1.165, 1.54) is 128 Å². The normalized spacial score (nSPS) is 16.4. The van der Waals surface area contributed by atoms with Gasteiger partial charge in [0.1, 0.15) is 11.2 Å². The third kappa shape index (κ3) is 5.96. The molecule has 0 atom stereocenters. The first-order chi connectivity index (χ1) is 36.6. The summed E-state index contributed by atoms with van der Waals surface area (Å²) in [6, 6.07) is 68.1. The van der Waals surface area contributed by atoms with Crippen LogP contribution < -0.4 is 20.8 Å². The van der Waals surface area contributed by atoms with Crippen LogP contribution in [0.2, 0.25) is 0 Å². The Labute approximate surface area is 449 Å². The summed E-state index contributed by atoms with van der Waals surface area (Å²) in [6.45, 7) is 23.3. The van der Waals surface area contributed by atoms with Gasteiger partial charge in [0.05, 0.1) is 16.8 Å². The smallest absolute Gasteiger partial charge is 0.375 e. The molecule has 370 valence electrons. The minimum absolute atomic E-state index is 0.00322. The Bertz CT molecular complexity index is 4090. The molecule has 0 saturated carbocycles. The number of furan rings is 1. The molecule has 0 fully saturated rings. The zero-order chi connectivity index (χ0) is 51.9. The van der Waals surface area contributed by atoms with Crippen molar-refractivity contribution in [2.75, 3.05) is 9.71 Å². The van der Waals surface area contributed by atoms with Gasteiger partial charge in [0.25, 0.3) is 0 Å². The van der Waals surface area contributed by atoms with Gasteiger partial charge in [-0.1, -0.05) is 187 Å². The highest BCUT2D eigenvalue weighted by Crippen LogP contribution is 2.65. The van der Waals surface area contributed by atoms with Gasteiger partial charge < -0.3 is 14.1 Å². The highest BCUT2D eigenvalue weighted by atomic mass is 16.3. The summed E-state index contributed by atoms with van der Waals surface area (Å²) in [5.41, 5.74) is 31.8. The number of hydrogen-bond donors (Lipinski definition) is 0. The van der Waals surface area contributed by atoms with Crippen LogP contribution in [0.3, 0.4) is 0 Å². The molecule has 0 amide bonds. The molecule has 1 spiro atoms. The van der Waals surface area contributed by atoms with Crippen molar-refractivity contribution in [1.29, 1.82) is 0 Å². The SMILES string of the molecule is Cc1cc(C)c(-c2cc3c4c(c2)N(c2ccc(C(C)(C)C)cc2-c2ccccc2)c2c(oc5cc6c(cc25)C(C)(C)CCC6(C)C)B4N2c4ccccc4C4(c5ccccc5-c5ccccc54)c4cccc-3c42)c(C)c1. The fraction of sp³-hybridized carbons (Fsp3) is 0.222. The van der Waals surface area contributed by atoms with Crippen molar-refractivity contribution in [3.05, 3.63) is 232 Å². The molecule has 3 nitrogen and oxygen atoms in total. The third-order valence-electron chi connectivity index (χ3n) is 18.7. The fourth-order valence-electron chi connectivity index (χ4n) is 15.2. The van der Waals surface area contributed by atoms with E-state index in [9.17, 15) is 0 Å². The number of anilines is 5. The molecule has 4 heterocycles. The molecule has 0 saturated heterocycles. The molecule has 4 heteroatoms. The maximum atomic E-state index is 7.88. The molecule has 5 aliphatic rings. The zero-order valence-electron chi connectivity index (χ0n) is 45.5. The second-order valence-corrected chi connectivity index (χ2v) is 25.2. The first-order valence-corrected chi connectivity index (χ1v) is 27.7. The highest BCUT2D eigenvalue weighted by molar-refractivity contribution is 6.93. The Morgan fingerprint density at radius 3 is 1.76 bits per heavy atom. The van der Waals surface area contributed by atoms with Crippen molar-refractivity contribution < 1.29 is 4.42 Å². The van der Waals surface area contributed by atoms with Crippen LogP contribution >= 0.6 is 0 Å². The number of rotatable bonds is 3. The van der Waals surface area contributed by atoms with Gasteiger partial charge in [0.15, 0.2) is 0 Å². The maximum Gasteiger partial charge on any atom is 0.375 e. The van der Waals surface area contributed by atoms with Crippen LogP contribution in [-0.4, -0.2) is 6.85 Å². The second-order valence-electron chi connectivity index (χ2n) is 25.2. The van der Waals surface area contributed by atoms with E-state index < -0.39 is 5.41 Å². The van der Waals surface area contributed by atoms with Crippen LogP contribution in [0.5, 0.6) is 0 Å². The quantitative estimate of drug-likeness (QED) is 0.165. The van der Waals surface area contributed by atoms with E-state index >= 15 is 0 Å². The summed E-state index contributed by atoms with van der Waals surface area (Å²) in [6.07, 6.45) is 2.25. The molecule has 15 rings (SSSR count). The molecular weight excluding hydrogens is 920 g/mol. The largest absolute Gasteiger partial charge is 0.466 e. The number of aryl methyl sites for hydroxylation is 3. The molecule has 0 N–H and O–H groups in total. The maximum absolute atomic E-state index is 7.88. The van der Waals surface area contributed by atoms with Gasteiger partial charge >= 0.3 is 6.85 Å². The Hall–Kier alpha value is -7.82. The summed E-state index contributed by atoms with van der Waals surface area (Å²) < 4.78 is 7.88. The molecule has 3 aliphatic heterocycles. The lowest BCUT2D eigenvalue weighted by Crippen LogP contribution is -2.62. The van der Waals surface area contributed by atoms with Gasteiger partial charge in [-0.05, 0) is 181 Å². The van der Waals surface area contributed by atoms with E-state index in [-0.39, 0.29) is 23.1 Å². The van der Waals surface area contributed by atoms with Crippen molar-refractivity contribution >= 4 is 57.4 Å². The predicted octanol–water partition coefficient (Wildman–Crippen LogP) is 17.7. The molecule has 2 aliphatic carbocycles. The molecule has 10 aromatic rings. The van der Waals surface area contributed by atoms with E-state index in [4.69, 9.17) is 4.42 Å². The number of hydrogen-bond acceptors (Lipinski definition) is 3. The zero-order valence-corrected chi connectivity index (χ0v) is 45.5. The monoisotopic (exact) mass is 983 g/mol. The van der Waals surface area contributed by atoms with Crippen LogP contribution in [0, 0.1) is 20.8 Å². The van der Waals surface area contributed by atoms with Crippen LogP contribution in [-0.2, 0) is 21.7 Å². The van der Waals surface area contributed by atoms with Crippen molar-refractivity contribution in [3.8, 4) is 44.5 Å². The van der Waals surface area contributed by atoms with Crippen molar-refractivity contribution in [1.82, 2.24) is 0 Å². The molecule has 0 bridgehead atoms. The van der Waals surface area contributed by atoms with Gasteiger partial charge in [-0.3, -0.25) is 0 Å². The summed E-state index contributed by atoms with van der Waals surface area (Å²) in [7, 11) is 0. The van der Waals surface area contributed by atoms with Gasteiger partial charge in [0.2, 0.25) is 0 Å². The van der Waals surface area contributed by atoms with E-state index in [2.05, 4.69) is 255 Å². The number of benzene rings is 9. The van der Waals surface area contributed by atoms with Crippen LogP contribution in [0.4, 0.5) is 28.4 Å². The average molecular weight is 983 g/mol. The van der Waals surface area contributed by atoms with Crippen molar-refractivity contribution in [3.63, 3.8) is 0 Å². The summed E-state index contributed by atoms with van der Waals surface area (Å²) in [5, 5.41) is 1.17. The molecule has 0 radical (unpaired) electrons. The van der Waals surface area contributed by atoms with E-state index in [0.717, 1.165) is 35.5 Å². The second kappa shape index (κ2) is 15.4. The first kappa shape index (κ1) is 45.6. The first-order valence-electron chi connectivity index (χ1n) is 27.7. The molecule has 9 aromatic carbocycles. The van der Waals surface area contributed by atoms with E-state index in [0.29, 0.717) is 0 Å². The topological polar surface area (TPSA) is 19.6 Å². The molecule has 1 aromatic heterocycles. The number of fused-ring (bicyclic) bond motifs is 16. The van der Waals surface area contributed by atoms with Crippen molar-refractivity contribution in [2.24, 2.45) is 0 Å². The third-order valence-corrected chi connectivity index (χ3v) is 18.7. The predicted molar refractivity (Wildman–Crippen MR) is 320 cm³/mol. The lowest BCUT2D eigenvalue weighted by molar-refractivity contribution is 0.332. The van der Waals surface area contributed by atoms with E-state index in [1.807, 2.05) is 0 Å². The Balaban J connectivity index is 1.14. The van der Waals surface area contributed by atoms with Gasteiger partial charge in [-0.25, -0.2) is 0 Å². The minimum Gasteiger partial charge on any atom is -0.466 e. The number of para-hydroxylation sites is 2. The van der Waals surface area contributed by atoms with Gasteiger partial charge in [-0.2, -0.15) is 0 Å². The number of nitrogens with zero attached hydrogens (tertiary/aromatic N) is 2. The fourth-order valence-corrected chi connectivity index (χ4v) is 15.2. The van der Waals surface area contributed by atoms with Crippen molar-refractivity contribution in [2.45, 2.75) is 104 Å². The van der Waals surface area contributed by atoms with Gasteiger partial charge in [0, 0.05) is 33.6 Å². The Kier molecular flexibility index (Phi) is 9.24. The Morgan fingerprint density at radius 1 is 0.474 bits per heavy atom. The highest BCUT2D eigenvalue weighted by Gasteiger charge is 2.57. The Morgan fingerprint density at radius 2 is 1.08 bits per heavy atom. The van der Waals surface area contributed by atoms with Gasteiger partial charge in [-0.15, -0.1) is 0 Å². The molecule has 0 unspecified atom stereocenters. The minimum atomic E-state index is -0.555. The van der Waals surface area contributed by atoms with Crippen LogP contribution in [0.25, 0.3) is 55.5 Å². The van der Waals surface area contributed by atoms with Crippen LogP contribution in [0.15, 0.2) is 180 Å². The lowest BCUT2D eigenvalue weighted by Gasteiger charge is -2.51. The summed E-state index contributed by atoms with van der Waals surface area (Å²) in [5.74, 6) is 0. The summed E-state index contributed by atoms with van der Waals surface area (Å²) >= 11 is 0.